The molecule has 0 bridgehead atoms. The molecule has 1 aliphatic rings. The molecule has 3 rings (SSSR count). The summed E-state index contributed by atoms with van der Waals surface area (Å²) in [4.78, 5) is 11.8. The van der Waals surface area contributed by atoms with E-state index in [4.69, 9.17) is 4.74 Å². The summed E-state index contributed by atoms with van der Waals surface area (Å²) < 4.78 is 47.9. The fourth-order valence-electron chi connectivity index (χ4n) is 3.46. The number of nitrogens with zero attached hydrogens (tertiary/aromatic N) is 1. The van der Waals surface area contributed by atoms with Crippen molar-refractivity contribution in [1.82, 2.24) is 10.4 Å². The lowest BCUT2D eigenvalue weighted by atomic mass is 9.94. The number of ether oxygens (including phenoxy) is 1. The molecule has 7 heteroatoms. The first-order chi connectivity index (χ1) is 12.1. The van der Waals surface area contributed by atoms with E-state index in [1.165, 1.54) is 6.07 Å². The summed E-state index contributed by atoms with van der Waals surface area (Å²) in [5.41, 5.74) is 1.40. The number of halogens is 3. The van der Waals surface area contributed by atoms with Gasteiger partial charge in [0.05, 0.1) is 6.61 Å². The minimum atomic E-state index is -4.59. The van der Waals surface area contributed by atoms with Gasteiger partial charge in [-0.3, -0.25) is 10.2 Å². The Morgan fingerprint density at radius 3 is 2.50 bits per heavy atom. The highest BCUT2D eigenvalue weighted by atomic mass is 19.4. The number of hydrogen-bond donors (Lipinski definition) is 1. The maximum Gasteiger partial charge on any atom is 0.410 e. The van der Waals surface area contributed by atoms with Gasteiger partial charge >= 0.3 is 6.18 Å². The average molecular weight is 366 g/mol. The van der Waals surface area contributed by atoms with Crippen LogP contribution in [0.4, 0.5) is 13.2 Å². The lowest BCUT2D eigenvalue weighted by Crippen LogP contribution is -2.51. The van der Waals surface area contributed by atoms with Crippen LogP contribution in [0.5, 0.6) is 5.75 Å². The van der Waals surface area contributed by atoms with Crippen molar-refractivity contribution in [1.29, 1.82) is 0 Å². The molecule has 1 amide bonds. The van der Waals surface area contributed by atoms with E-state index in [9.17, 15) is 18.0 Å². The molecule has 1 heterocycles. The molecular weight excluding hydrogens is 345 g/mol. The molecule has 1 unspecified atom stereocenters. The van der Waals surface area contributed by atoms with Gasteiger partial charge in [0.2, 0.25) is 5.91 Å². The number of amides is 1. The van der Waals surface area contributed by atoms with Crippen LogP contribution >= 0.6 is 0 Å². The van der Waals surface area contributed by atoms with Crippen LogP contribution in [0.1, 0.15) is 38.8 Å². The van der Waals surface area contributed by atoms with Gasteiger partial charge < -0.3 is 4.74 Å². The van der Waals surface area contributed by atoms with Crippen molar-refractivity contribution in [2.24, 2.45) is 0 Å². The third-order valence-corrected chi connectivity index (χ3v) is 4.55. The number of hydrogen-bond acceptors (Lipinski definition) is 3. The molecule has 1 fully saturated rings. The fourth-order valence-corrected chi connectivity index (χ4v) is 3.46. The number of carbonyl (C=O) groups excluding carboxylic acids is 1. The predicted octanol–water partition coefficient (Wildman–Crippen LogP) is 4.36. The van der Waals surface area contributed by atoms with Crippen LogP contribution in [-0.4, -0.2) is 29.2 Å². The Kier molecular flexibility index (Phi) is 4.60. The van der Waals surface area contributed by atoms with Crippen LogP contribution in [0.3, 0.4) is 0 Å². The van der Waals surface area contributed by atoms with Crippen LogP contribution in [-0.2, 0) is 4.79 Å². The van der Waals surface area contributed by atoms with Crippen molar-refractivity contribution >= 4 is 16.7 Å². The Balaban J connectivity index is 2.22. The zero-order valence-corrected chi connectivity index (χ0v) is 14.9. The quantitative estimate of drug-likeness (QED) is 0.874. The van der Waals surface area contributed by atoms with Gasteiger partial charge in [-0.05, 0) is 26.2 Å². The molecule has 1 aliphatic heterocycles. The van der Waals surface area contributed by atoms with Crippen molar-refractivity contribution < 1.29 is 22.7 Å². The Bertz CT molecular complexity index is 833. The zero-order valence-electron chi connectivity index (χ0n) is 14.9. The molecule has 140 valence electrons. The van der Waals surface area contributed by atoms with Crippen LogP contribution in [0.2, 0.25) is 0 Å². The Labute approximate surface area is 149 Å². The standard InChI is InChI=1S/C19H21F3N2O2/c1-4-26-16-13-8-6-5-7-12(13)9-10-14(16)17(19(20,21)22)24-18(2,3)11-15(25)23-24/h5-10,17H,4,11H2,1-3H3,(H,23,25). The molecule has 0 aromatic heterocycles. The Morgan fingerprint density at radius 2 is 1.92 bits per heavy atom. The molecule has 2 aromatic carbocycles. The van der Waals surface area contributed by atoms with Crippen LogP contribution in [0.15, 0.2) is 36.4 Å². The Hall–Kier alpha value is -2.28. The summed E-state index contributed by atoms with van der Waals surface area (Å²) in [6, 6.07) is 8.23. The summed E-state index contributed by atoms with van der Waals surface area (Å²) in [6.45, 7) is 5.20. The van der Waals surface area contributed by atoms with E-state index in [2.05, 4.69) is 5.43 Å². The largest absolute Gasteiger partial charge is 0.493 e. The Morgan fingerprint density at radius 1 is 1.23 bits per heavy atom. The first-order valence-corrected chi connectivity index (χ1v) is 8.45. The summed E-state index contributed by atoms with van der Waals surface area (Å²) in [7, 11) is 0. The van der Waals surface area contributed by atoms with E-state index >= 15 is 0 Å². The van der Waals surface area contributed by atoms with E-state index in [1.54, 1.807) is 39.0 Å². The lowest BCUT2D eigenvalue weighted by Gasteiger charge is -2.38. The van der Waals surface area contributed by atoms with E-state index in [0.29, 0.717) is 5.39 Å². The minimum Gasteiger partial charge on any atom is -0.493 e. The fraction of sp³-hybridized carbons (Fsp3) is 0.421. The normalized spacial score (nSPS) is 18.8. The summed E-state index contributed by atoms with van der Waals surface area (Å²) >= 11 is 0. The second kappa shape index (κ2) is 6.46. The van der Waals surface area contributed by atoms with E-state index < -0.39 is 23.7 Å². The number of alkyl halides is 3. The summed E-state index contributed by atoms with van der Waals surface area (Å²) in [5, 5.41) is 2.41. The van der Waals surface area contributed by atoms with E-state index in [-0.39, 0.29) is 24.3 Å². The van der Waals surface area contributed by atoms with Crippen molar-refractivity contribution in [3.05, 3.63) is 42.0 Å². The maximum atomic E-state index is 14.1. The monoisotopic (exact) mass is 366 g/mol. The number of fused-ring (bicyclic) bond motifs is 1. The van der Waals surface area contributed by atoms with Crippen molar-refractivity contribution in [2.45, 2.75) is 44.9 Å². The SMILES string of the molecule is CCOc1c(C(N2NC(=O)CC2(C)C)C(F)(F)F)ccc2ccccc12. The second-order valence-electron chi connectivity index (χ2n) is 6.98. The minimum absolute atomic E-state index is 0.00285. The topological polar surface area (TPSA) is 41.6 Å². The van der Waals surface area contributed by atoms with Crippen molar-refractivity contribution in [3.63, 3.8) is 0 Å². The van der Waals surface area contributed by atoms with Gasteiger partial charge in [0.25, 0.3) is 0 Å². The van der Waals surface area contributed by atoms with E-state index in [0.717, 1.165) is 10.4 Å². The second-order valence-corrected chi connectivity index (χ2v) is 6.98. The van der Waals surface area contributed by atoms with Crippen molar-refractivity contribution in [3.8, 4) is 5.75 Å². The van der Waals surface area contributed by atoms with Gasteiger partial charge in [0.15, 0.2) is 6.04 Å². The van der Waals surface area contributed by atoms with Gasteiger partial charge in [-0.1, -0.05) is 36.4 Å². The number of nitrogens with one attached hydrogen (secondary N) is 1. The highest BCUT2D eigenvalue weighted by Gasteiger charge is 2.54. The third-order valence-electron chi connectivity index (χ3n) is 4.55. The number of carbonyl (C=O) groups is 1. The molecule has 0 aliphatic carbocycles. The molecule has 0 radical (unpaired) electrons. The number of rotatable bonds is 4. The number of hydrazine groups is 1. The summed E-state index contributed by atoms with van der Waals surface area (Å²) in [5.74, 6) is -0.229. The molecule has 1 atom stereocenters. The van der Waals surface area contributed by atoms with Crippen LogP contribution < -0.4 is 10.2 Å². The maximum absolute atomic E-state index is 14.1. The van der Waals surface area contributed by atoms with Crippen molar-refractivity contribution in [2.75, 3.05) is 6.61 Å². The molecule has 1 N–H and O–H groups in total. The average Bonchev–Trinajstić information content (AvgIpc) is 2.80. The predicted molar refractivity (Wildman–Crippen MR) is 92.6 cm³/mol. The highest BCUT2D eigenvalue weighted by molar-refractivity contribution is 5.90. The molecule has 2 aromatic rings. The van der Waals surface area contributed by atoms with Gasteiger partial charge in [-0.25, -0.2) is 0 Å². The zero-order chi connectivity index (χ0) is 19.1. The number of benzene rings is 2. The van der Waals surface area contributed by atoms with Gasteiger partial charge in [-0.15, -0.1) is 0 Å². The summed E-state index contributed by atoms with van der Waals surface area (Å²) in [6.07, 6.45) is -4.60. The lowest BCUT2D eigenvalue weighted by molar-refractivity contribution is -0.204. The first-order valence-electron chi connectivity index (χ1n) is 8.45. The van der Waals surface area contributed by atoms with E-state index in [1.807, 2.05) is 12.1 Å². The van der Waals surface area contributed by atoms with Crippen LogP contribution in [0.25, 0.3) is 10.8 Å². The molecule has 1 saturated heterocycles. The first kappa shape index (κ1) is 18.5. The van der Waals surface area contributed by atoms with Gasteiger partial charge in [0.1, 0.15) is 5.75 Å². The third kappa shape index (κ3) is 3.23. The van der Waals surface area contributed by atoms with Gasteiger partial charge in [0, 0.05) is 22.9 Å². The molecule has 4 nitrogen and oxygen atoms in total. The molecule has 0 saturated carbocycles. The molecule has 26 heavy (non-hydrogen) atoms. The van der Waals surface area contributed by atoms with Gasteiger partial charge in [-0.2, -0.15) is 18.2 Å². The molecule has 0 spiro atoms. The van der Waals surface area contributed by atoms with Crippen LogP contribution in [0, 0.1) is 0 Å². The highest BCUT2D eigenvalue weighted by Crippen LogP contribution is 2.47. The molecular formula is C19H21F3N2O2. The smallest absolute Gasteiger partial charge is 0.410 e.